The van der Waals surface area contributed by atoms with E-state index in [-0.39, 0.29) is 5.69 Å². The van der Waals surface area contributed by atoms with Crippen molar-refractivity contribution in [3.63, 3.8) is 0 Å². The number of amides is 4. The minimum absolute atomic E-state index is 0.255. The summed E-state index contributed by atoms with van der Waals surface area (Å²) in [6.45, 7) is 2.73. The van der Waals surface area contributed by atoms with Gasteiger partial charge in [-0.2, -0.15) is 0 Å². The third-order valence-corrected chi connectivity index (χ3v) is 4.93. The number of halogens is 2. The molecule has 1 fully saturated rings. The van der Waals surface area contributed by atoms with Crippen molar-refractivity contribution in [2.75, 3.05) is 11.9 Å². The summed E-state index contributed by atoms with van der Waals surface area (Å²) < 4.78 is 14.4. The second-order valence-electron chi connectivity index (χ2n) is 6.47. The van der Waals surface area contributed by atoms with Gasteiger partial charge in [-0.3, -0.25) is 14.5 Å². The normalized spacial score (nSPS) is 19.2. The molecule has 2 aromatic carbocycles. The van der Waals surface area contributed by atoms with Crippen LogP contribution >= 0.6 is 15.9 Å². The van der Waals surface area contributed by atoms with E-state index in [0.29, 0.717) is 11.1 Å². The minimum atomic E-state index is -1.27. The summed E-state index contributed by atoms with van der Waals surface area (Å²) >= 11 is 3.34. The lowest BCUT2D eigenvalue weighted by Gasteiger charge is -2.22. The van der Waals surface area contributed by atoms with Crippen molar-refractivity contribution in [1.82, 2.24) is 10.2 Å². The van der Waals surface area contributed by atoms with E-state index < -0.39 is 35.7 Å². The van der Waals surface area contributed by atoms with Crippen LogP contribution in [0, 0.1) is 12.7 Å². The van der Waals surface area contributed by atoms with E-state index in [2.05, 4.69) is 26.6 Å². The molecule has 1 atom stereocenters. The van der Waals surface area contributed by atoms with Crippen LogP contribution in [0.3, 0.4) is 0 Å². The highest BCUT2D eigenvalue weighted by molar-refractivity contribution is 9.10. The zero-order valence-corrected chi connectivity index (χ0v) is 16.3. The molecule has 27 heavy (non-hydrogen) atoms. The molecule has 0 saturated carbocycles. The molecule has 3 rings (SSSR count). The van der Waals surface area contributed by atoms with Crippen molar-refractivity contribution in [3.8, 4) is 0 Å². The van der Waals surface area contributed by atoms with Crippen LogP contribution in [0.4, 0.5) is 14.9 Å². The zero-order valence-electron chi connectivity index (χ0n) is 14.7. The Hall–Kier alpha value is -2.74. The lowest BCUT2D eigenvalue weighted by atomic mass is 9.92. The van der Waals surface area contributed by atoms with E-state index in [1.54, 1.807) is 44.2 Å². The third kappa shape index (κ3) is 3.71. The number of nitrogens with one attached hydrogen (secondary N) is 2. The molecule has 1 aliphatic rings. The molecule has 4 amide bonds. The van der Waals surface area contributed by atoms with Gasteiger partial charge in [0.25, 0.3) is 5.91 Å². The molecule has 1 saturated heterocycles. The van der Waals surface area contributed by atoms with Crippen molar-refractivity contribution in [2.24, 2.45) is 0 Å². The van der Waals surface area contributed by atoms with E-state index in [0.717, 1.165) is 9.37 Å². The van der Waals surface area contributed by atoms with E-state index in [1.165, 1.54) is 12.1 Å². The van der Waals surface area contributed by atoms with Crippen molar-refractivity contribution in [3.05, 3.63) is 63.9 Å². The summed E-state index contributed by atoms with van der Waals surface area (Å²) in [7, 11) is 0. The molecule has 0 aromatic heterocycles. The van der Waals surface area contributed by atoms with Gasteiger partial charge in [0, 0.05) is 10.2 Å². The van der Waals surface area contributed by atoms with Crippen LogP contribution in [0.1, 0.15) is 18.1 Å². The molecule has 2 N–H and O–H groups in total. The largest absolute Gasteiger partial charge is 0.325 e. The summed E-state index contributed by atoms with van der Waals surface area (Å²) in [6.07, 6.45) is 0. The van der Waals surface area contributed by atoms with Gasteiger partial charge in [-0.1, -0.05) is 34.1 Å². The summed E-state index contributed by atoms with van der Waals surface area (Å²) in [5.74, 6) is -1.58. The molecule has 6 nitrogen and oxygen atoms in total. The molecule has 1 aliphatic heterocycles. The third-order valence-electron chi connectivity index (χ3n) is 4.43. The van der Waals surface area contributed by atoms with Crippen LogP contribution in [0.25, 0.3) is 0 Å². The van der Waals surface area contributed by atoms with Crippen LogP contribution < -0.4 is 10.6 Å². The molecular weight excluding hydrogens is 417 g/mol. The zero-order chi connectivity index (χ0) is 19.8. The molecule has 0 aliphatic carbocycles. The van der Waals surface area contributed by atoms with Gasteiger partial charge in [0.1, 0.15) is 17.9 Å². The Morgan fingerprint density at radius 1 is 1.26 bits per heavy atom. The highest BCUT2D eigenvalue weighted by Crippen LogP contribution is 2.30. The van der Waals surface area contributed by atoms with E-state index in [4.69, 9.17) is 0 Å². The van der Waals surface area contributed by atoms with Gasteiger partial charge in [-0.15, -0.1) is 0 Å². The maximum absolute atomic E-state index is 13.6. The van der Waals surface area contributed by atoms with Crippen LogP contribution in [0.5, 0.6) is 0 Å². The molecule has 0 radical (unpaired) electrons. The van der Waals surface area contributed by atoms with Crippen molar-refractivity contribution >= 4 is 39.5 Å². The first-order valence-corrected chi connectivity index (χ1v) is 8.96. The van der Waals surface area contributed by atoms with Crippen molar-refractivity contribution in [2.45, 2.75) is 19.4 Å². The quantitative estimate of drug-likeness (QED) is 0.725. The first-order valence-electron chi connectivity index (χ1n) is 8.17. The van der Waals surface area contributed by atoms with Gasteiger partial charge in [-0.05, 0) is 49.2 Å². The molecule has 0 spiro atoms. The lowest BCUT2D eigenvalue weighted by molar-refractivity contribution is -0.133. The number of anilines is 1. The molecule has 0 bridgehead atoms. The number of aryl methyl sites for hydroxylation is 1. The number of benzene rings is 2. The second-order valence-corrected chi connectivity index (χ2v) is 7.38. The Morgan fingerprint density at radius 2 is 2.00 bits per heavy atom. The number of nitrogens with zero attached hydrogens (tertiary/aromatic N) is 1. The average Bonchev–Trinajstić information content (AvgIpc) is 2.82. The highest BCUT2D eigenvalue weighted by atomic mass is 79.9. The fourth-order valence-corrected chi connectivity index (χ4v) is 3.25. The van der Waals surface area contributed by atoms with Crippen LogP contribution in [0.2, 0.25) is 0 Å². The van der Waals surface area contributed by atoms with E-state index >= 15 is 0 Å². The van der Waals surface area contributed by atoms with Gasteiger partial charge in [-0.25, -0.2) is 9.18 Å². The standard InChI is InChI=1S/C19H17BrFN3O3/c1-11-6-7-14(9-15(11)21)22-16(25)10-24-17(26)19(2,23-18(24)27)12-4-3-5-13(20)8-12/h3-9H,10H2,1-2H3,(H,22,25)(H,23,27). The van der Waals surface area contributed by atoms with Crippen LogP contribution in [-0.2, 0) is 15.1 Å². The summed E-state index contributed by atoms with van der Waals surface area (Å²) in [5, 5.41) is 5.13. The van der Waals surface area contributed by atoms with E-state index in [1.807, 2.05) is 0 Å². The fraction of sp³-hybridized carbons (Fsp3) is 0.211. The fourth-order valence-electron chi connectivity index (χ4n) is 2.85. The number of urea groups is 1. The minimum Gasteiger partial charge on any atom is -0.324 e. The Balaban J connectivity index is 1.75. The number of hydrogen-bond donors (Lipinski definition) is 2. The SMILES string of the molecule is Cc1ccc(NC(=O)CN2C(=O)NC(C)(c3cccc(Br)c3)C2=O)cc1F. The predicted molar refractivity (Wildman–Crippen MR) is 102 cm³/mol. The Morgan fingerprint density at radius 3 is 2.67 bits per heavy atom. The molecular formula is C19H17BrFN3O3. The smallest absolute Gasteiger partial charge is 0.324 e. The van der Waals surface area contributed by atoms with Crippen molar-refractivity contribution < 1.29 is 18.8 Å². The predicted octanol–water partition coefficient (Wildman–Crippen LogP) is 3.30. The number of hydrogen-bond acceptors (Lipinski definition) is 3. The number of rotatable bonds is 4. The van der Waals surface area contributed by atoms with E-state index in [9.17, 15) is 18.8 Å². The molecule has 1 unspecified atom stereocenters. The first-order chi connectivity index (χ1) is 12.7. The highest BCUT2D eigenvalue weighted by Gasteiger charge is 2.49. The Labute approximate surface area is 163 Å². The summed E-state index contributed by atoms with van der Waals surface area (Å²) in [4.78, 5) is 38.2. The molecule has 1 heterocycles. The molecule has 2 aromatic rings. The van der Waals surface area contributed by atoms with Gasteiger partial charge >= 0.3 is 6.03 Å². The van der Waals surface area contributed by atoms with Gasteiger partial charge in [0.15, 0.2) is 0 Å². The van der Waals surface area contributed by atoms with Gasteiger partial charge in [0.2, 0.25) is 5.91 Å². The topological polar surface area (TPSA) is 78.5 Å². The lowest BCUT2D eigenvalue weighted by Crippen LogP contribution is -2.42. The average molecular weight is 434 g/mol. The number of carbonyl (C=O) groups excluding carboxylic acids is 3. The Bertz CT molecular complexity index is 950. The monoisotopic (exact) mass is 433 g/mol. The van der Waals surface area contributed by atoms with Crippen LogP contribution in [0.15, 0.2) is 46.9 Å². The van der Waals surface area contributed by atoms with Crippen LogP contribution in [-0.4, -0.2) is 29.3 Å². The first kappa shape index (κ1) is 19.0. The maximum atomic E-state index is 13.6. The number of carbonyl (C=O) groups is 3. The Kier molecular flexibility index (Phi) is 5.01. The van der Waals surface area contributed by atoms with Crippen molar-refractivity contribution in [1.29, 1.82) is 0 Å². The molecule has 8 heteroatoms. The maximum Gasteiger partial charge on any atom is 0.325 e. The second kappa shape index (κ2) is 7.11. The number of imide groups is 1. The summed E-state index contributed by atoms with van der Waals surface area (Å²) in [6, 6.07) is 10.6. The molecule has 140 valence electrons. The van der Waals surface area contributed by atoms with Gasteiger partial charge in [0.05, 0.1) is 0 Å². The van der Waals surface area contributed by atoms with Gasteiger partial charge < -0.3 is 10.6 Å². The summed E-state index contributed by atoms with van der Waals surface area (Å²) in [5.41, 5.74) is 0.0347.